The Bertz CT molecular complexity index is 712. The molecule has 0 saturated heterocycles. The fourth-order valence-electron chi connectivity index (χ4n) is 2.22. The lowest BCUT2D eigenvalue weighted by Gasteiger charge is -2.18. The summed E-state index contributed by atoms with van der Waals surface area (Å²) in [7, 11) is 3.21. The van der Waals surface area contributed by atoms with Gasteiger partial charge < -0.3 is 20.3 Å². The van der Waals surface area contributed by atoms with Crippen LogP contribution in [0.4, 0.5) is 16.2 Å². The molecule has 2 N–H and O–H groups in total. The van der Waals surface area contributed by atoms with Gasteiger partial charge in [-0.2, -0.15) is 0 Å². The molecule has 2 aromatic rings. The third-order valence-corrected chi connectivity index (χ3v) is 3.58. The van der Waals surface area contributed by atoms with Gasteiger partial charge in [0.2, 0.25) is 5.91 Å². The third kappa shape index (κ3) is 5.93. The highest BCUT2D eigenvalue weighted by molar-refractivity contribution is 5.93. The second kappa shape index (κ2) is 8.84. The first kappa shape index (κ1) is 18.5. The molecule has 0 spiro atoms. The second-order valence-corrected chi connectivity index (χ2v) is 5.83. The van der Waals surface area contributed by atoms with Crippen molar-refractivity contribution in [2.45, 2.75) is 13.5 Å². The molecule has 25 heavy (non-hydrogen) atoms. The Morgan fingerprint density at radius 2 is 1.52 bits per heavy atom. The minimum Gasteiger partial charge on any atom is -0.375 e. The predicted molar refractivity (Wildman–Crippen MR) is 98.6 cm³/mol. The molecular formula is C19H23N3O3. The Morgan fingerprint density at radius 1 is 0.960 bits per heavy atom. The Labute approximate surface area is 147 Å². The number of benzene rings is 2. The molecule has 0 bridgehead atoms. The maximum atomic E-state index is 12.3. The van der Waals surface area contributed by atoms with Crippen molar-refractivity contribution in [2.24, 2.45) is 0 Å². The van der Waals surface area contributed by atoms with Gasteiger partial charge in [-0.3, -0.25) is 4.79 Å². The number of nitrogens with zero attached hydrogens (tertiary/aromatic N) is 1. The highest BCUT2D eigenvalue weighted by atomic mass is 16.5. The molecule has 0 heterocycles. The van der Waals surface area contributed by atoms with Crippen LogP contribution in [-0.4, -0.2) is 37.6 Å². The van der Waals surface area contributed by atoms with Gasteiger partial charge in [-0.25, -0.2) is 4.79 Å². The van der Waals surface area contributed by atoms with Gasteiger partial charge in [0, 0.05) is 32.1 Å². The van der Waals surface area contributed by atoms with E-state index in [4.69, 9.17) is 4.74 Å². The van der Waals surface area contributed by atoms with Crippen LogP contribution in [0.25, 0.3) is 0 Å². The Morgan fingerprint density at radius 3 is 2.08 bits per heavy atom. The number of anilines is 2. The normalized spacial score (nSPS) is 10.2. The lowest BCUT2D eigenvalue weighted by molar-refractivity contribution is -0.119. The Balaban J connectivity index is 1.88. The van der Waals surface area contributed by atoms with E-state index < -0.39 is 0 Å². The minimum absolute atomic E-state index is 0.00227. The summed E-state index contributed by atoms with van der Waals surface area (Å²) in [5, 5.41) is 5.52. The largest absolute Gasteiger partial charge is 0.375 e. The molecule has 0 aliphatic heterocycles. The van der Waals surface area contributed by atoms with Crippen molar-refractivity contribution in [1.82, 2.24) is 4.90 Å². The van der Waals surface area contributed by atoms with Gasteiger partial charge in [0.25, 0.3) is 0 Å². The average Bonchev–Trinajstić information content (AvgIpc) is 2.59. The van der Waals surface area contributed by atoms with E-state index in [0.29, 0.717) is 17.9 Å². The molecule has 0 aliphatic rings. The summed E-state index contributed by atoms with van der Waals surface area (Å²) in [6, 6.07) is 14.8. The molecular weight excluding hydrogens is 318 g/mol. The standard InChI is InChI=1S/C19H23N3O3/c1-14-4-6-15(7-5-14)12-22(2)19(24)21-17-10-8-16(9-11-17)20-18(23)13-25-3/h4-11H,12-13H2,1-3H3,(H,20,23)(H,21,24). The molecule has 0 unspecified atom stereocenters. The van der Waals surface area contributed by atoms with Gasteiger partial charge in [0.15, 0.2) is 0 Å². The average molecular weight is 341 g/mol. The number of methoxy groups -OCH3 is 1. The molecule has 0 aliphatic carbocycles. The maximum Gasteiger partial charge on any atom is 0.321 e. The summed E-state index contributed by atoms with van der Waals surface area (Å²) in [5.74, 6) is -0.225. The number of carbonyl (C=O) groups is 2. The van der Waals surface area contributed by atoms with Gasteiger partial charge >= 0.3 is 6.03 Å². The first-order valence-electron chi connectivity index (χ1n) is 7.94. The van der Waals surface area contributed by atoms with Crippen LogP contribution < -0.4 is 10.6 Å². The van der Waals surface area contributed by atoms with E-state index in [1.807, 2.05) is 31.2 Å². The van der Waals surface area contributed by atoms with Crippen molar-refractivity contribution in [3.05, 3.63) is 59.7 Å². The van der Waals surface area contributed by atoms with Crippen LogP contribution in [0.3, 0.4) is 0 Å². The molecule has 0 radical (unpaired) electrons. The van der Waals surface area contributed by atoms with Crippen molar-refractivity contribution in [3.63, 3.8) is 0 Å². The van der Waals surface area contributed by atoms with Crippen molar-refractivity contribution in [3.8, 4) is 0 Å². The number of carbonyl (C=O) groups excluding carboxylic acids is 2. The minimum atomic E-state index is -0.225. The zero-order valence-electron chi connectivity index (χ0n) is 14.7. The summed E-state index contributed by atoms with van der Waals surface area (Å²) in [4.78, 5) is 25.3. The maximum absolute atomic E-state index is 12.3. The van der Waals surface area contributed by atoms with E-state index in [1.54, 1.807) is 36.2 Å². The number of amides is 3. The van der Waals surface area contributed by atoms with Crippen molar-refractivity contribution in [2.75, 3.05) is 31.4 Å². The van der Waals surface area contributed by atoms with Gasteiger partial charge in [0.1, 0.15) is 6.61 Å². The van der Waals surface area contributed by atoms with Crippen LogP contribution in [0.15, 0.2) is 48.5 Å². The van der Waals surface area contributed by atoms with Crippen molar-refractivity contribution >= 4 is 23.3 Å². The predicted octanol–water partition coefficient (Wildman–Crippen LogP) is 3.24. The highest BCUT2D eigenvalue weighted by Gasteiger charge is 2.09. The molecule has 0 fully saturated rings. The number of hydrogen-bond donors (Lipinski definition) is 2. The monoisotopic (exact) mass is 341 g/mol. The summed E-state index contributed by atoms with van der Waals surface area (Å²) in [6.45, 7) is 2.56. The van der Waals surface area contributed by atoms with Crippen LogP contribution in [0.1, 0.15) is 11.1 Å². The Hall–Kier alpha value is -2.86. The van der Waals surface area contributed by atoms with Crippen LogP contribution in [0, 0.1) is 6.92 Å². The molecule has 0 saturated carbocycles. The molecule has 2 aromatic carbocycles. The SMILES string of the molecule is COCC(=O)Nc1ccc(NC(=O)N(C)Cc2ccc(C)cc2)cc1. The smallest absolute Gasteiger partial charge is 0.321 e. The first-order chi connectivity index (χ1) is 12.0. The van der Waals surface area contributed by atoms with Crippen molar-refractivity contribution < 1.29 is 14.3 Å². The number of urea groups is 1. The first-order valence-corrected chi connectivity index (χ1v) is 7.94. The van der Waals surface area contributed by atoms with Crippen LogP contribution in [0.2, 0.25) is 0 Å². The van der Waals surface area contributed by atoms with E-state index in [0.717, 1.165) is 5.56 Å². The molecule has 3 amide bonds. The molecule has 0 aromatic heterocycles. The highest BCUT2D eigenvalue weighted by Crippen LogP contribution is 2.14. The lowest BCUT2D eigenvalue weighted by atomic mass is 10.1. The van der Waals surface area contributed by atoms with Crippen LogP contribution in [0.5, 0.6) is 0 Å². The fraction of sp³-hybridized carbons (Fsp3) is 0.263. The van der Waals surface area contributed by atoms with Gasteiger partial charge in [-0.15, -0.1) is 0 Å². The lowest BCUT2D eigenvalue weighted by Crippen LogP contribution is -2.30. The second-order valence-electron chi connectivity index (χ2n) is 5.83. The third-order valence-electron chi connectivity index (χ3n) is 3.58. The van der Waals surface area contributed by atoms with E-state index >= 15 is 0 Å². The number of nitrogens with one attached hydrogen (secondary N) is 2. The topological polar surface area (TPSA) is 70.7 Å². The molecule has 132 valence electrons. The van der Waals surface area contributed by atoms with Gasteiger partial charge in [0.05, 0.1) is 0 Å². The summed E-state index contributed by atoms with van der Waals surface area (Å²) in [5.41, 5.74) is 3.56. The van der Waals surface area contributed by atoms with E-state index in [2.05, 4.69) is 10.6 Å². The van der Waals surface area contributed by atoms with Gasteiger partial charge in [-0.1, -0.05) is 29.8 Å². The zero-order valence-corrected chi connectivity index (χ0v) is 14.7. The number of rotatable bonds is 6. The van der Waals surface area contributed by atoms with E-state index in [-0.39, 0.29) is 18.5 Å². The summed E-state index contributed by atoms with van der Waals surface area (Å²) >= 11 is 0. The molecule has 6 heteroatoms. The number of ether oxygens (including phenoxy) is 1. The van der Waals surface area contributed by atoms with Crippen molar-refractivity contribution in [1.29, 1.82) is 0 Å². The molecule has 0 atom stereocenters. The zero-order chi connectivity index (χ0) is 18.2. The van der Waals surface area contributed by atoms with Crippen LogP contribution in [-0.2, 0) is 16.1 Å². The Kier molecular flexibility index (Phi) is 6.54. The quantitative estimate of drug-likeness (QED) is 0.847. The summed E-state index contributed by atoms with van der Waals surface area (Å²) < 4.78 is 4.76. The van der Waals surface area contributed by atoms with E-state index in [1.165, 1.54) is 12.7 Å². The number of aryl methyl sites for hydroxylation is 1. The fourth-order valence-corrected chi connectivity index (χ4v) is 2.22. The summed E-state index contributed by atoms with van der Waals surface area (Å²) in [6.07, 6.45) is 0. The molecule has 6 nitrogen and oxygen atoms in total. The van der Waals surface area contributed by atoms with Gasteiger partial charge in [-0.05, 0) is 36.8 Å². The number of hydrogen-bond acceptors (Lipinski definition) is 3. The van der Waals surface area contributed by atoms with E-state index in [9.17, 15) is 9.59 Å². The van der Waals surface area contributed by atoms with Crippen LogP contribution >= 0.6 is 0 Å². The molecule has 2 rings (SSSR count).